The van der Waals surface area contributed by atoms with E-state index in [9.17, 15) is 9.59 Å². The second-order valence-electron chi connectivity index (χ2n) is 13.7. The molecule has 11 heteroatoms. The summed E-state index contributed by atoms with van der Waals surface area (Å²) in [6.07, 6.45) is 10.3. The molecule has 0 radical (unpaired) electrons. The molecule has 7 rings (SSSR count). The van der Waals surface area contributed by atoms with Crippen LogP contribution in [0.4, 0.5) is 9.59 Å². The minimum absolute atomic E-state index is 0.203. The van der Waals surface area contributed by atoms with Crippen molar-refractivity contribution in [2.45, 2.75) is 69.7 Å². The molecule has 1 aliphatic heterocycles. The highest BCUT2D eigenvalue weighted by Gasteiger charge is 2.50. The lowest BCUT2D eigenvalue weighted by molar-refractivity contribution is 0.0133. The first-order chi connectivity index (χ1) is 22.1. The number of nitrogens with zero attached hydrogens (tertiary/aromatic N) is 5. The van der Waals surface area contributed by atoms with Gasteiger partial charge in [0.1, 0.15) is 11.2 Å². The maximum absolute atomic E-state index is 13.3. The van der Waals surface area contributed by atoms with E-state index >= 15 is 0 Å². The number of hydrogen-bond donors (Lipinski definition) is 1. The number of alkyl carbamates (subject to hydrolysis) is 1. The second-order valence-corrected chi connectivity index (χ2v) is 14.1. The van der Waals surface area contributed by atoms with Gasteiger partial charge < -0.3 is 24.3 Å². The number of aryl methyl sites for hydroxylation is 1. The molecule has 2 amide bonds. The summed E-state index contributed by atoms with van der Waals surface area (Å²) in [4.78, 5) is 40.0. The van der Waals surface area contributed by atoms with Crippen molar-refractivity contribution in [2.24, 2.45) is 13.0 Å². The molecule has 3 aliphatic carbocycles. The van der Waals surface area contributed by atoms with Gasteiger partial charge in [-0.2, -0.15) is 0 Å². The zero-order valence-electron chi connectivity index (χ0n) is 26.8. The molecule has 3 fully saturated rings. The van der Waals surface area contributed by atoms with Crippen LogP contribution in [-0.4, -0.2) is 73.9 Å². The van der Waals surface area contributed by atoms with Crippen molar-refractivity contribution in [1.29, 1.82) is 0 Å². The van der Waals surface area contributed by atoms with Crippen molar-refractivity contribution in [3.8, 4) is 0 Å². The van der Waals surface area contributed by atoms with Gasteiger partial charge in [-0.25, -0.2) is 14.6 Å². The number of aromatic nitrogens is 3. The summed E-state index contributed by atoms with van der Waals surface area (Å²) in [5, 5.41) is 3.75. The van der Waals surface area contributed by atoms with E-state index in [0.717, 1.165) is 59.3 Å². The van der Waals surface area contributed by atoms with Crippen LogP contribution < -0.4 is 5.32 Å². The van der Waals surface area contributed by atoms with Crippen molar-refractivity contribution in [3.63, 3.8) is 0 Å². The van der Waals surface area contributed by atoms with Crippen molar-refractivity contribution in [3.05, 3.63) is 82.2 Å². The standard InChI is InChI=1S/C35H41ClN6O4/c1-22(2)35(11-12-35)46-33(44)42-16-14-41(15-17-42)31-25-8-7-24(36)19-26(25)27(18-23-6-5-13-38-29(23)31)30(28-20-37-21-40(28)4)39-32(43)45-34(3)9-10-34/h5-8,13,18-22,30-31H,9-12,14-17H2,1-4H3,(H,39,43)/t30-,31+/m1/s1. The smallest absolute Gasteiger partial charge is 0.410 e. The molecular weight excluding hydrogens is 604 g/mol. The first kappa shape index (κ1) is 30.7. The van der Waals surface area contributed by atoms with Crippen LogP contribution in [0.15, 0.2) is 49.1 Å². The van der Waals surface area contributed by atoms with E-state index in [1.165, 1.54) is 0 Å². The predicted octanol–water partition coefficient (Wildman–Crippen LogP) is 6.37. The van der Waals surface area contributed by atoms with E-state index in [-0.39, 0.29) is 17.7 Å². The van der Waals surface area contributed by atoms with Gasteiger partial charge in [-0.05, 0) is 85.1 Å². The summed E-state index contributed by atoms with van der Waals surface area (Å²) < 4.78 is 13.7. The van der Waals surface area contributed by atoms with Crippen molar-refractivity contribution in [1.82, 2.24) is 29.7 Å². The molecule has 2 aromatic heterocycles. The fourth-order valence-electron chi connectivity index (χ4n) is 6.73. The zero-order chi connectivity index (χ0) is 32.2. The average molecular weight is 645 g/mol. The third kappa shape index (κ3) is 5.88. The fourth-order valence-corrected chi connectivity index (χ4v) is 6.90. The van der Waals surface area contributed by atoms with Crippen LogP contribution >= 0.6 is 11.6 Å². The van der Waals surface area contributed by atoms with Gasteiger partial charge >= 0.3 is 12.2 Å². The van der Waals surface area contributed by atoms with Crippen LogP contribution in [0.5, 0.6) is 0 Å². The normalized spacial score (nSPS) is 21.7. The number of pyridine rings is 1. The summed E-state index contributed by atoms with van der Waals surface area (Å²) in [5.74, 6) is 0.305. The number of halogens is 1. The van der Waals surface area contributed by atoms with E-state index in [1.807, 2.05) is 47.8 Å². The van der Waals surface area contributed by atoms with E-state index < -0.39 is 17.7 Å². The Balaban J connectivity index is 1.23. The SMILES string of the molecule is CC(C)C1(OC(=O)N2CCN([C@H]3c4ccc(Cl)cc4C([C@@H](NC(=O)OC4(C)CC4)c4cncn4C)=Cc4cccnc43)CC2)CC1. The highest BCUT2D eigenvalue weighted by Crippen LogP contribution is 2.47. The Morgan fingerprint density at radius 1 is 1.07 bits per heavy atom. The highest BCUT2D eigenvalue weighted by molar-refractivity contribution is 6.30. The number of rotatable bonds is 7. The number of piperazine rings is 1. The van der Waals surface area contributed by atoms with Gasteiger partial charge in [0, 0.05) is 44.4 Å². The van der Waals surface area contributed by atoms with E-state index in [2.05, 4.69) is 47.3 Å². The van der Waals surface area contributed by atoms with Gasteiger partial charge in [-0.3, -0.25) is 9.88 Å². The number of imidazole rings is 1. The van der Waals surface area contributed by atoms with Gasteiger partial charge in [0.25, 0.3) is 0 Å². The number of hydrogen-bond acceptors (Lipinski definition) is 7. The molecule has 0 bridgehead atoms. The van der Waals surface area contributed by atoms with Gasteiger partial charge in [0.15, 0.2) is 0 Å². The van der Waals surface area contributed by atoms with E-state index in [0.29, 0.717) is 37.1 Å². The maximum atomic E-state index is 13.3. The first-order valence-electron chi connectivity index (χ1n) is 16.2. The third-order valence-electron chi connectivity index (χ3n) is 10.1. The van der Waals surface area contributed by atoms with Crippen LogP contribution in [0.2, 0.25) is 5.02 Å². The Labute approximate surface area is 274 Å². The Morgan fingerprint density at radius 2 is 1.83 bits per heavy atom. The topological polar surface area (TPSA) is 102 Å². The van der Waals surface area contributed by atoms with E-state index in [1.54, 1.807) is 12.5 Å². The number of ether oxygens (including phenoxy) is 2. The van der Waals surface area contributed by atoms with E-state index in [4.69, 9.17) is 26.1 Å². The van der Waals surface area contributed by atoms with Gasteiger partial charge in [0.2, 0.25) is 0 Å². The number of amides is 2. The molecule has 46 heavy (non-hydrogen) atoms. The molecule has 0 unspecified atom stereocenters. The number of benzene rings is 1. The lowest BCUT2D eigenvalue weighted by Gasteiger charge is -2.40. The van der Waals surface area contributed by atoms with Crippen LogP contribution in [0.25, 0.3) is 11.6 Å². The largest absolute Gasteiger partial charge is 0.443 e. The fraction of sp³-hybridized carbons (Fsp3) is 0.486. The lowest BCUT2D eigenvalue weighted by atomic mass is 9.90. The third-order valence-corrected chi connectivity index (χ3v) is 10.3. The summed E-state index contributed by atoms with van der Waals surface area (Å²) in [6.45, 7) is 8.59. The Hall–Kier alpha value is -3.89. The van der Waals surface area contributed by atoms with Crippen molar-refractivity contribution in [2.75, 3.05) is 26.2 Å². The van der Waals surface area contributed by atoms with Crippen molar-refractivity contribution >= 4 is 35.4 Å². The Morgan fingerprint density at radius 3 is 2.48 bits per heavy atom. The van der Waals surface area contributed by atoms with Gasteiger partial charge in [-0.15, -0.1) is 0 Å². The molecule has 3 aromatic rings. The monoisotopic (exact) mass is 644 g/mol. The Bertz CT molecular complexity index is 1690. The summed E-state index contributed by atoms with van der Waals surface area (Å²) in [5.41, 5.74) is 4.73. The van der Waals surface area contributed by atoms with Crippen LogP contribution in [0, 0.1) is 5.92 Å². The van der Waals surface area contributed by atoms with Crippen molar-refractivity contribution < 1.29 is 19.1 Å². The number of fused-ring (bicyclic) bond motifs is 2. The summed E-state index contributed by atoms with van der Waals surface area (Å²) >= 11 is 6.69. The Kier molecular flexibility index (Phi) is 7.84. The highest BCUT2D eigenvalue weighted by atomic mass is 35.5. The molecule has 10 nitrogen and oxygen atoms in total. The summed E-state index contributed by atoms with van der Waals surface area (Å²) in [7, 11) is 1.91. The van der Waals surface area contributed by atoms with Crippen LogP contribution in [0.3, 0.4) is 0 Å². The number of carbonyl (C=O) groups is 2. The van der Waals surface area contributed by atoms with Crippen LogP contribution in [0.1, 0.15) is 86.6 Å². The number of nitrogens with one attached hydrogen (secondary N) is 1. The first-order valence-corrected chi connectivity index (χ1v) is 16.6. The maximum Gasteiger partial charge on any atom is 0.410 e. The lowest BCUT2D eigenvalue weighted by Crippen LogP contribution is -2.51. The molecule has 4 aliphatic rings. The minimum Gasteiger partial charge on any atom is -0.443 e. The predicted molar refractivity (Wildman–Crippen MR) is 175 cm³/mol. The van der Waals surface area contributed by atoms with Gasteiger partial charge in [0.05, 0.1) is 36.0 Å². The molecule has 2 saturated carbocycles. The summed E-state index contributed by atoms with van der Waals surface area (Å²) in [6, 6.07) is 9.14. The quantitative estimate of drug-likeness (QED) is 0.319. The molecule has 242 valence electrons. The molecule has 3 heterocycles. The molecule has 1 saturated heterocycles. The van der Waals surface area contributed by atoms with Crippen LogP contribution in [-0.2, 0) is 16.5 Å². The zero-order valence-corrected chi connectivity index (χ0v) is 27.6. The minimum atomic E-state index is -0.575. The molecular formula is C35H41ClN6O4. The average Bonchev–Trinajstić information content (AvgIpc) is 3.94. The van der Waals surface area contributed by atoms with Gasteiger partial charge in [-0.1, -0.05) is 37.6 Å². The molecule has 1 aromatic carbocycles. The molecule has 0 spiro atoms. The molecule has 1 N–H and O–H groups in total. The second kappa shape index (κ2) is 11.7. The molecule has 2 atom stereocenters. The number of carbonyl (C=O) groups excluding carboxylic acids is 2.